The Bertz CT molecular complexity index is 731. The van der Waals surface area contributed by atoms with E-state index in [1.165, 1.54) is 0 Å². The van der Waals surface area contributed by atoms with E-state index in [0.29, 0.717) is 6.54 Å². The molecule has 0 spiro atoms. The third-order valence-electron chi connectivity index (χ3n) is 4.74. The van der Waals surface area contributed by atoms with Gasteiger partial charge < -0.3 is 19.5 Å². The number of furan rings is 1. The van der Waals surface area contributed by atoms with Crippen molar-refractivity contribution in [3.05, 3.63) is 41.6 Å². The van der Waals surface area contributed by atoms with Crippen molar-refractivity contribution in [2.24, 2.45) is 0 Å². The number of urea groups is 1. The smallest absolute Gasteiger partial charge is 0.318 e. The number of carbonyl (C=O) groups excluding carboxylic acids is 1. The van der Waals surface area contributed by atoms with Gasteiger partial charge in [-0.15, -0.1) is 0 Å². The standard InChI is InChI=1S/C20H29N5O2/c1-14(2)21-20(26)25(13-18-6-5-11-27-18)17-7-9-24(10-8-17)19-22-15(3)12-16(4)23-19/h5-6,11-12,14,17H,7-10,13H2,1-4H3,(H,21,26). The Labute approximate surface area is 160 Å². The fourth-order valence-corrected chi connectivity index (χ4v) is 3.49. The van der Waals surface area contributed by atoms with Gasteiger partial charge in [-0.25, -0.2) is 14.8 Å². The molecule has 3 rings (SSSR count). The van der Waals surface area contributed by atoms with Crippen molar-refractivity contribution in [3.63, 3.8) is 0 Å². The molecule has 0 atom stereocenters. The second kappa shape index (κ2) is 8.41. The van der Waals surface area contributed by atoms with Crippen molar-refractivity contribution in [2.75, 3.05) is 18.0 Å². The lowest BCUT2D eigenvalue weighted by molar-refractivity contribution is 0.149. The Morgan fingerprint density at radius 3 is 2.52 bits per heavy atom. The summed E-state index contributed by atoms with van der Waals surface area (Å²) >= 11 is 0. The molecule has 3 heterocycles. The normalized spacial score (nSPS) is 15.2. The molecule has 0 radical (unpaired) electrons. The van der Waals surface area contributed by atoms with Crippen molar-refractivity contribution in [1.29, 1.82) is 0 Å². The number of aromatic nitrogens is 2. The van der Waals surface area contributed by atoms with Crippen LogP contribution in [0, 0.1) is 13.8 Å². The van der Waals surface area contributed by atoms with E-state index in [1.54, 1.807) is 6.26 Å². The van der Waals surface area contributed by atoms with E-state index in [2.05, 4.69) is 20.2 Å². The minimum atomic E-state index is -0.0394. The summed E-state index contributed by atoms with van der Waals surface area (Å²) in [7, 11) is 0. The number of piperidine rings is 1. The first-order chi connectivity index (χ1) is 12.9. The molecule has 0 aliphatic carbocycles. The van der Waals surface area contributed by atoms with Crippen LogP contribution in [-0.2, 0) is 6.54 Å². The molecule has 2 amide bonds. The molecule has 7 nitrogen and oxygen atoms in total. The van der Waals surface area contributed by atoms with Gasteiger partial charge >= 0.3 is 6.03 Å². The molecule has 0 aromatic carbocycles. The first kappa shape index (κ1) is 19.2. The number of nitrogens with one attached hydrogen (secondary N) is 1. The predicted molar refractivity (Wildman–Crippen MR) is 105 cm³/mol. The monoisotopic (exact) mass is 371 g/mol. The maximum Gasteiger partial charge on any atom is 0.318 e. The van der Waals surface area contributed by atoms with E-state index in [9.17, 15) is 4.79 Å². The molecule has 2 aromatic rings. The largest absolute Gasteiger partial charge is 0.467 e. The maximum absolute atomic E-state index is 12.8. The van der Waals surface area contributed by atoms with Crippen LogP contribution in [0.5, 0.6) is 0 Å². The average Bonchev–Trinajstić information content (AvgIpc) is 3.11. The number of aryl methyl sites for hydroxylation is 2. The number of anilines is 1. The second-order valence-corrected chi connectivity index (χ2v) is 7.48. The molecule has 1 saturated heterocycles. The van der Waals surface area contributed by atoms with Gasteiger partial charge in [-0.1, -0.05) is 0 Å². The maximum atomic E-state index is 12.8. The molecule has 0 saturated carbocycles. The predicted octanol–water partition coefficient (Wildman–Crippen LogP) is 3.28. The first-order valence-corrected chi connectivity index (χ1v) is 9.59. The van der Waals surface area contributed by atoms with Gasteiger partial charge in [-0.05, 0) is 58.7 Å². The summed E-state index contributed by atoms with van der Waals surface area (Å²) in [5.74, 6) is 1.59. The fraction of sp³-hybridized carbons (Fsp3) is 0.550. The molecular formula is C20H29N5O2. The number of hydrogen-bond donors (Lipinski definition) is 1. The van der Waals surface area contributed by atoms with E-state index >= 15 is 0 Å². The van der Waals surface area contributed by atoms with E-state index in [0.717, 1.165) is 49.0 Å². The Morgan fingerprint density at radius 2 is 1.96 bits per heavy atom. The molecule has 27 heavy (non-hydrogen) atoms. The van der Waals surface area contributed by atoms with Gasteiger partial charge in [0.05, 0.1) is 12.8 Å². The zero-order chi connectivity index (χ0) is 19.4. The van der Waals surface area contributed by atoms with Crippen LogP contribution < -0.4 is 10.2 Å². The summed E-state index contributed by atoms with van der Waals surface area (Å²) in [6, 6.07) is 5.97. The molecule has 2 aromatic heterocycles. The van der Waals surface area contributed by atoms with E-state index in [-0.39, 0.29) is 18.1 Å². The van der Waals surface area contributed by atoms with Gasteiger partial charge in [0.1, 0.15) is 5.76 Å². The molecule has 0 bridgehead atoms. The minimum absolute atomic E-state index is 0.0394. The molecule has 1 N–H and O–H groups in total. The summed E-state index contributed by atoms with van der Waals surface area (Å²) in [5, 5.41) is 3.02. The van der Waals surface area contributed by atoms with Crippen molar-refractivity contribution in [3.8, 4) is 0 Å². The first-order valence-electron chi connectivity index (χ1n) is 9.59. The third kappa shape index (κ3) is 4.99. The van der Waals surface area contributed by atoms with Crippen LogP contribution in [0.1, 0.15) is 43.8 Å². The highest BCUT2D eigenvalue weighted by atomic mass is 16.3. The van der Waals surface area contributed by atoms with Gasteiger partial charge in [0.2, 0.25) is 5.95 Å². The lowest BCUT2D eigenvalue weighted by Gasteiger charge is -2.38. The number of hydrogen-bond acceptors (Lipinski definition) is 5. The lowest BCUT2D eigenvalue weighted by atomic mass is 10.0. The summed E-state index contributed by atoms with van der Waals surface area (Å²) in [6.07, 6.45) is 3.40. The highest BCUT2D eigenvalue weighted by Gasteiger charge is 2.30. The lowest BCUT2D eigenvalue weighted by Crippen LogP contribution is -2.51. The van der Waals surface area contributed by atoms with Crippen LogP contribution in [0.3, 0.4) is 0 Å². The van der Waals surface area contributed by atoms with Gasteiger partial charge in [0.15, 0.2) is 0 Å². The van der Waals surface area contributed by atoms with Crippen LogP contribution in [0.25, 0.3) is 0 Å². The van der Waals surface area contributed by atoms with Crippen LogP contribution in [-0.4, -0.2) is 46.1 Å². The summed E-state index contributed by atoms with van der Waals surface area (Å²) in [4.78, 5) is 26.0. The van der Waals surface area contributed by atoms with Crippen LogP contribution in [0.4, 0.5) is 10.7 Å². The highest BCUT2D eigenvalue weighted by Crippen LogP contribution is 2.22. The van der Waals surface area contributed by atoms with Crippen molar-refractivity contribution in [1.82, 2.24) is 20.2 Å². The van der Waals surface area contributed by atoms with Crippen molar-refractivity contribution < 1.29 is 9.21 Å². The van der Waals surface area contributed by atoms with Gasteiger partial charge in [0, 0.05) is 36.6 Å². The Morgan fingerprint density at radius 1 is 1.30 bits per heavy atom. The molecule has 0 unspecified atom stereocenters. The number of amides is 2. The Balaban J connectivity index is 1.68. The van der Waals surface area contributed by atoms with Gasteiger partial charge in [-0.2, -0.15) is 0 Å². The Hall–Kier alpha value is -2.57. The number of carbonyl (C=O) groups is 1. The second-order valence-electron chi connectivity index (χ2n) is 7.48. The van der Waals surface area contributed by atoms with Crippen molar-refractivity contribution in [2.45, 2.75) is 59.2 Å². The summed E-state index contributed by atoms with van der Waals surface area (Å²) in [5.41, 5.74) is 1.96. The summed E-state index contributed by atoms with van der Waals surface area (Å²) < 4.78 is 5.47. The van der Waals surface area contributed by atoms with E-state index < -0.39 is 0 Å². The van der Waals surface area contributed by atoms with Crippen LogP contribution in [0.2, 0.25) is 0 Å². The minimum Gasteiger partial charge on any atom is -0.467 e. The van der Waals surface area contributed by atoms with Crippen LogP contribution >= 0.6 is 0 Å². The van der Waals surface area contributed by atoms with Crippen molar-refractivity contribution >= 4 is 12.0 Å². The quantitative estimate of drug-likeness (QED) is 0.873. The molecule has 1 aliphatic heterocycles. The fourth-order valence-electron chi connectivity index (χ4n) is 3.49. The zero-order valence-corrected chi connectivity index (χ0v) is 16.6. The number of nitrogens with zero attached hydrogens (tertiary/aromatic N) is 4. The number of rotatable bonds is 5. The Kier molecular flexibility index (Phi) is 5.98. The molecular weight excluding hydrogens is 342 g/mol. The third-order valence-corrected chi connectivity index (χ3v) is 4.74. The van der Waals surface area contributed by atoms with Gasteiger partial charge in [-0.3, -0.25) is 0 Å². The van der Waals surface area contributed by atoms with E-state index in [1.807, 2.05) is 50.8 Å². The van der Waals surface area contributed by atoms with E-state index in [4.69, 9.17) is 4.42 Å². The SMILES string of the molecule is Cc1cc(C)nc(N2CCC(N(Cc3ccco3)C(=O)NC(C)C)CC2)n1. The molecule has 146 valence electrons. The highest BCUT2D eigenvalue weighted by molar-refractivity contribution is 5.74. The zero-order valence-electron chi connectivity index (χ0n) is 16.6. The average molecular weight is 371 g/mol. The molecule has 1 aliphatic rings. The molecule has 7 heteroatoms. The topological polar surface area (TPSA) is 74.5 Å². The van der Waals surface area contributed by atoms with Crippen LogP contribution in [0.15, 0.2) is 28.9 Å². The summed E-state index contributed by atoms with van der Waals surface area (Å²) in [6.45, 7) is 10.1. The van der Waals surface area contributed by atoms with Gasteiger partial charge in [0.25, 0.3) is 0 Å². The molecule has 1 fully saturated rings.